The van der Waals surface area contributed by atoms with E-state index in [0.29, 0.717) is 11.7 Å². The van der Waals surface area contributed by atoms with Crippen molar-refractivity contribution in [2.24, 2.45) is 0 Å². The Hall–Kier alpha value is -3.55. The first-order chi connectivity index (χ1) is 16.6. The van der Waals surface area contributed by atoms with Crippen molar-refractivity contribution >= 4 is 49.6 Å². The second-order valence-corrected chi connectivity index (χ2v) is 9.60. The fraction of sp³-hybridized carbons (Fsp3) is 0.148. The van der Waals surface area contributed by atoms with Crippen LogP contribution in [0.3, 0.4) is 0 Å². The molecule has 7 heteroatoms. The quantitative estimate of drug-likeness (QED) is 0.248. The van der Waals surface area contributed by atoms with Crippen LogP contribution in [0.25, 0.3) is 20.8 Å². The largest absolute Gasteiger partial charge is 0.493 e. The fourth-order valence-electron chi connectivity index (χ4n) is 3.78. The Kier molecular flexibility index (Phi) is 6.38. The van der Waals surface area contributed by atoms with Crippen LogP contribution in [-0.4, -0.2) is 22.5 Å². The summed E-state index contributed by atoms with van der Waals surface area (Å²) in [5, 5.41) is 3.46. The topological polar surface area (TPSA) is 55.3 Å². The molecule has 0 saturated heterocycles. The first kappa shape index (κ1) is 22.3. The molecule has 2 aromatic heterocycles. The van der Waals surface area contributed by atoms with Crippen molar-refractivity contribution in [3.8, 4) is 16.3 Å². The summed E-state index contributed by atoms with van der Waals surface area (Å²) in [6.45, 7) is 4.56. The van der Waals surface area contributed by atoms with Crippen LogP contribution in [0.2, 0.25) is 0 Å². The summed E-state index contributed by atoms with van der Waals surface area (Å²) in [5.41, 5.74) is 4.41. The van der Waals surface area contributed by atoms with Crippen LogP contribution in [0.1, 0.15) is 18.2 Å². The highest BCUT2D eigenvalue weighted by molar-refractivity contribution is 7.22. The number of aromatic nitrogens is 2. The van der Waals surface area contributed by atoms with Gasteiger partial charge in [-0.3, -0.25) is 9.69 Å². The number of benzene rings is 3. The number of aryl methyl sites for hydroxylation is 1. The number of nitrogens with zero attached hydrogens (tertiary/aromatic N) is 3. The molecule has 0 N–H and O–H groups in total. The molecule has 3 aromatic carbocycles. The van der Waals surface area contributed by atoms with Crippen molar-refractivity contribution in [2.45, 2.75) is 20.3 Å². The number of rotatable bonds is 7. The van der Waals surface area contributed by atoms with E-state index in [9.17, 15) is 4.79 Å². The van der Waals surface area contributed by atoms with E-state index in [-0.39, 0.29) is 12.3 Å². The predicted octanol–water partition coefficient (Wildman–Crippen LogP) is 7.03. The van der Waals surface area contributed by atoms with Gasteiger partial charge in [0.2, 0.25) is 5.91 Å². The van der Waals surface area contributed by atoms with Gasteiger partial charge >= 0.3 is 0 Å². The lowest BCUT2D eigenvalue weighted by molar-refractivity contribution is -0.117. The van der Waals surface area contributed by atoms with Crippen LogP contribution in [0, 0.1) is 6.92 Å². The van der Waals surface area contributed by atoms with Crippen molar-refractivity contribution in [3.05, 3.63) is 89.4 Å². The highest BCUT2D eigenvalue weighted by Crippen LogP contribution is 2.36. The summed E-state index contributed by atoms with van der Waals surface area (Å²) >= 11 is 3.04. The Morgan fingerprint density at radius 3 is 2.56 bits per heavy atom. The Labute approximate surface area is 206 Å². The van der Waals surface area contributed by atoms with E-state index in [1.807, 2.05) is 92.0 Å². The minimum Gasteiger partial charge on any atom is -0.493 e. The molecule has 1 amide bonds. The molecule has 0 bridgehead atoms. The number of thiazole rings is 2. The predicted molar refractivity (Wildman–Crippen MR) is 140 cm³/mol. The third kappa shape index (κ3) is 4.44. The van der Waals surface area contributed by atoms with Gasteiger partial charge in [-0.25, -0.2) is 9.97 Å². The molecule has 0 unspecified atom stereocenters. The van der Waals surface area contributed by atoms with E-state index in [1.165, 1.54) is 22.7 Å². The van der Waals surface area contributed by atoms with Crippen molar-refractivity contribution in [2.75, 3.05) is 11.5 Å². The Bertz CT molecular complexity index is 1420. The second-order valence-electron chi connectivity index (χ2n) is 7.73. The molecule has 0 fully saturated rings. The lowest BCUT2D eigenvalue weighted by Gasteiger charge is -2.21. The number of fused-ring (bicyclic) bond motifs is 1. The number of ether oxygens (including phenoxy) is 1. The Balaban J connectivity index is 1.48. The zero-order valence-corrected chi connectivity index (χ0v) is 20.5. The highest BCUT2D eigenvalue weighted by atomic mass is 32.1. The lowest BCUT2D eigenvalue weighted by atomic mass is 10.1. The number of carbonyl (C=O) groups is 1. The summed E-state index contributed by atoms with van der Waals surface area (Å²) in [5.74, 6) is 0.733. The van der Waals surface area contributed by atoms with Gasteiger partial charge in [0.1, 0.15) is 10.8 Å². The van der Waals surface area contributed by atoms with Crippen LogP contribution in [0.4, 0.5) is 10.8 Å². The standard InChI is InChI=1S/C27H23N3O2S2/c1-3-32-23-14-8-5-11-20(23)26-28-19(17-33-26)16-25(31)30(22-13-7-4-10-18(22)2)27-29-21-12-6-9-15-24(21)34-27/h4-15,17H,3,16H2,1-2H3. The van der Waals surface area contributed by atoms with Gasteiger partial charge in [-0.1, -0.05) is 53.8 Å². The number of carbonyl (C=O) groups excluding carboxylic acids is 1. The van der Waals surface area contributed by atoms with Crippen LogP contribution >= 0.6 is 22.7 Å². The van der Waals surface area contributed by atoms with Gasteiger partial charge in [-0.05, 0) is 49.7 Å². The van der Waals surface area contributed by atoms with Crippen molar-refractivity contribution in [1.29, 1.82) is 0 Å². The summed E-state index contributed by atoms with van der Waals surface area (Å²) < 4.78 is 6.81. The van der Waals surface area contributed by atoms with Crippen LogP contribution in [0.15, 0.2) is 78.2 Å². The molecule has 34 heavy (non-hydrogen) atoms. The molecular formula is C27H23N3O2S2. The molecule has 170 valence electrons. The smallest absolute Gasteiger partial charge is 0.239 e. The second kappa shape index (κ2) is 9.75. The van der Waals surface area contributed by atoms with E-state index in [1.54, 1.807) is 4.90 Å². The van der Waals surface area contributed by atoms with Gasteiger partial charge in [0.25, 0.3) is 0 Å². The normalized spacial score (nSPS) is 11.0. The van der Waals surface area contributed by atoms with Gasteiger partial charge in [0.15, 0.2) is 5.13 Å². The Morgan fingerprint density at radius 1 is 0.971 bits per heavy atom. The molecule has 0 aliphatic rings. The first-order valence-corrected chi connectivity index (χ1v) is 12.7. The number of amides is 1. The summed E-state index contributed by atoms with van der Waals surface area (Å²) in [7, 11) is 0. The van der Waals surface area contributed by atoms with Crippen molar-refractivity contribution < 1.29 is 9.53 Å². The molecule has 0 saturated carbocycles. The minimum atomic E-state index is -0.0664. The maximum absolute atomic E-state index is 13.7. The molecule has 0 spiro atoms. The average Bonchev–Trinajstić information content (AvgIpc) is 3.48. The van der Waals surface area contributed by atoms with Crippen LogP contribution in [-0.2, 0) is 11.2 Å². The van der Waals surface area contributed by atoms with Crippen LogP contribution in [0.5, 0.6) is 5.75 Å². The number of hydrogen-bond donors (Lipinski definition) is 0. The molecule has 0 atom stereocenters. The van der Waals surface area contributed by atoms with E-state index in [0.717, 1.165) is 43.5 Å². The maximum Gasteiger partial charge on any atom is 0.239 e. The molecule has 0 aliphatic carbocycles. The van der Waals surface area contributed by atoms with Gasteiger partial charge in [0.05, 0.1) is 40.2 Å². The van der Waals surface area contributed by atoms with Crippen molar-refractivity contribution in [1.82, 2.24) is 9.97 Å². The molecule has 2 heterocycles. The fourth-order valence-corrected chi connectivity index (χ4v) is 5.63. The molecule has 5 aromatic rings. The SMILES string of the molecule is CCOc1ccccc1-c1nc(CC(=O)N(c2nc3ccccc3s2)c2ccccc2C)cs1. The van der Waals surface area contributed by atoms with Gasteiger partial charge in [-0.2, -0.15) is 0 Å². The van der Waals surface area contributed by atoms with Crippen molar-refractivity contribution in [3.63, 3.8) is 0 Å². The van der Waals surface area contributed by atoms with E-state index in [4.69, 9.17) is 14.7 Å². The summed E-state index contributed by atoms with van der Waals surface area (Å²) in [6.07, 6.45) is 0.178. The minimum absolute atomic E-state index is 0.0664. The third-order valence-corrected chi connectivity index (χ3v) is 7.33. The number of anilines is 2. The number of hydrogen-bond acceptors (Lipinski definition) is 6. The number of para-hydroxylation sites is 3. The van der Waals surface area contributed by atoms with E-state index >= 15 is 0 Å². The molecule has 0 radical (unpaired) electrons. The monoisotopic (exact) mass is 485 g/mol. The van der Waals surface area contributed by atoms with E-state index in [2.05, 4.69) is 0 Å². The Morgan fingerprint density at radius 2 is 1.74 bits per heavy atom. The zero-order chi connectivity index (χ0) is 23.5. The van der Waals surface area contributed by atoms with Gasteiger partial charge < -0.3 is 4.74 Å². The third-order valence-electron chi connectivity index (χ3n) is 5.38. The first-order valence-electron chi connectivity index (χ1n) is 11.0. The zero-order valence-electron chi connectivity index (χ0n) is 18.9. The molecular weight excluding hydrogens is 462 g/mol. The molecule has 5 rings (SSSR count). The molecule has 0 aliphatic heterocycles. The maximum atomic E-state index is 13.7. The highest BCUT2D eigenvalue weighted by Gasteiger charge is 2.24. The van der Waals surface area contributed by atoms with Gasteiger partial charge in [-0.15, -0.1) is 11.3 Å². The summed E-state index contributed by atoms with van der Waals surface area (Å²) in [6, 6.07) is 23.7. The van der Waals surface area contributed by atoms with Crippen LogP contribution < -0.4 is 9.64 Å². The molecule has 5 nitrogen and oxygen atoms in total. The van der Waals surface area contributed by atoms with E-state index < -0.39 is 0 Å². The lowest BCUT2D eigenvalue weighted by Crippen LogP contribution is -2.28. The van der Waals surface area contributed by atoms with Gasteiger partial charge in [0, 0.05) is 5.38 Å². The summed E-state index contributed by atoms with van der Waals surface area (Å²) in [4.78, 5) is 25.0. The average molecular weight is 486 g/mol.